The van der Waals surface area contributed by atoms with E-state index in [4.69, 9.17) is 0 Å². The monoisotopic (exact) mass is 382 g/mol. The second-order valence-corrected chi connectivity index (χ2v) is 6.07. The Kier molecular flexibility index (Phi) is 5.18. The summed E-state index contributed by atoms with van der Waals surface area (Å²) in [4.78, 5) is 12.2. The van der Waals surface area contributed by atoms with E-state index in [-0.39, 0.29) is 5.91 Å². The number of benzene rings is 2. The van der Waals surface area contributed by atoms with Crippen molar-refractivity contribution in [3.05, 3.63) is 88.2 Å². The summed E-state index contributed by atoms with van der Waals surface area (Å²) in [7, 11) is 0. The van der Waals surface area contributed by atoms with E-state index in [0.717, 1.165) is 15.6 Å². The number of hydrazone groups is 1. The molecule has 1 amide bonds. The van der Waals surface area contributed by atoms with Crippen LogP contribution >= 0.6 is 15.9 Å². The molecule has 1 aromatic heterocycles. The van der Waals surface area contributed by atoms with Crippen LogP contribution in [0, 0.1) is 0 Å². The first-order valence-corrected chi connectivity index (χ1v) is 8.15. The number of halogens is 1. The van der Waals surface area contributed by atoms with E-state index < -0.39 is 0 Å². The maximum absolute atomic E-state index is 12.2. The standard InChI is InChI=1S/C18H15BrN4O/c19-17-7-2-4-14(11-17)12-20-22-18(24)16-6-1-5-15(10-16)13-23-9-3-8-21-23/h1-12H,13H2,(H,22,24)/b20-12+. The van der Waals surface area contributed by atoms with Crippen LogP contribution in [-0.2, 0) is 6.54 Å². The fourth-order valence-corrected chi connectivity index (χ4v) is 2.63. The molecule has 0 spiro atoms. The highest BCUT2D eigenvalue weighted by atomic mass is 79.9. The molecule has 0 fully saturated rings. The van der Waals surface area contributed by atoms with Gasteiger partial charge in [-0.05, 0) is 41.5 Å². The van der Waals surface area contributed by atoms with Gasteiger partial charge in [-0.3, -0.25) is 9.48 Å². The average molecular weight is 383 g/mol. The highest BCUT2D eigenvalue weighted by Gasteiger charge is 2.05. The van der Waals surface area contributed by atoms with Crippen LogP contribution in [0.15, 0.2) is 76.6 Å². The Labute approximate surface area is 148 Å². The van der Waals surface area contributed by atoms with E-state index in [1.807, 2.05) is 59.4 Å². The number of carbonyl (C=O) groups is 1. The molecule has 24 heavy (non-hydrogen) atoms. The van der Waals surface area contributed by atoms with Crippen LogP contribution < -0.4 is 5.43 Å². The summed E-state index contributed by atoms with van der Waals surface area (Å²) in [6.07, 6.45) is 5.22. The van der Waals surface area contributed by atoms with E-state index >= 15 is 0 Å². The normalized spacial score (nSPS) is 10.9. The minimum Gasteiger partial charge on any atom is -0.268 e. The Hall–Kier alpha value is -2.73. The number of amides is 1. The molecule has 6 heteroatoms. The molecule has 0 saturated heterocycles. The van der Waals surface area contributed by atoms with Crippen LogP contribution in [0.25, 0.3) is 0 Å². The summed E-state index contributed by atoms with van der Waals surface area (Å²) >= 11 is 3.40. The van der Waals surface area contributed by atoms with Gasteiger partial charge in [0.2, 0.25) is 0 Å². The molecule has 3 rings (SSSR count). The van der Waals surface area contributed by atoms with Crippen molar-refractivity contribution in [3.8, 4) is 0 Å². The minimum absolute atomic E-state index is 0.247. The maximum Gasteiger partial charge on any atom is 0.271 e. The van der Waals surface area contributed by atoms with E-state index in [1.54, 1.807) is 18.5 Å². The summed E-state index contributed by atoms with van der Waals surface area (Å²) in [5, 5.41) is 8.17. The Morgan fingerprint density at radius 1 is 1.21 bits per heavy atom. The lowest BCUT2D eigenvalue weighted by atomic mass is 10.1. The second kappa shape index (κ2) is 7.70. The zero-order valence-corrected chi connectivity index (χ0v) is 14.3. The fourth-order valence-electron chi connectivity index (χ4n) is 2.21. The number of aromatic nitrogens is 2. The molecule has 0 radical (unpaired) electrons. The zero-order chi connectivity index (χ0) is 16.8. The summed E-state index contributed by atoms with van der Waals surface area (Å²) in [6, 6.07) is 16.9. The first-order valence-electron chi connectivity index (χ1n) is 7.36. The van der Waals surface area contributed by atoms with E-state index in [0.29, 0.717) is 12.1 Å². The van der Waals surface area contributed by atoms with Gasteiger partial charge in [0.25, 0.3) is 5.91 Å². The molecular weight excluding hydrogens is 368 g/mol. The second-order valence-electron chi connectivity index (χ2n) is 5.16. The summed E-state index contributed by atoms with van der Waals surface area (Å²) in [5.74, 6) is -0.247. The number of nitrogens with zero attached hydrogens (tertiary/aromatic N) is 3. The lowest BCUT2D eigenvalue weighted by molar-refractivity contribution is 0.0955. The molecule has 2 aromatic carbocycles. The van der Waals surface area contributed by atoms with Gasteiger partial charge in [0.1, 0.15) is 0 Å². The van der Waals surface area contributed by atoms with Crippen LogP contribution in [0.2, 0.25) is 0 Å². The molecule has 1 N–H and O–H groups in total. The summed E-state index contributed by atoms with van der Waals surface area (Å²) < 4.78 is 2.77. The topological polar surface area (TPSA) is 59.3 Å². The van der Waals surface area contributed by atoms with Crippen molar-refractivity contribution < 1.29 is 4.79 Å². The maximum atomic E-state index is 12.2. The van der Waals surface area contributed by atoms with Gasteiger partial charge in [-0.2, -0.15) is 10.2 Å². The van der Waals surface area contributed by atoms with E-state index in [2.05, 4.69) is 31.6 Å². The molecule has 0 atom stereocenters. The van der Waals surface area contributed by atoms with Gasteiger partial charge in [-0.1, -0.05) is 40.2 Å². The Balaban J connectivity index is 1.64. The van der Waals surface area contributed by atoms with Crippen molar-refractivity contribution in [2.24, 2.45) is 5.10 Å². The first-order chi connectivity index (χ1) is 11.7. The predicted molar refractivity (Wildman–Crippen MR) is 97.0 cm³/mol. The molecule has 0 aliphatic carbocycles. The van der Waals surface area contributed by atoms with Gasteiger partial charge < -0.3 is 0 Å². The van der Waals surface area contributed by atoms with Crippen LogP contribution in [-0.4, -0.2) is 21.9 Å². The quantitative estimate of drug-likeness (QED) is 0.542. The molecule has 120 valence electrons. The molecule has 0 saturated carbocycles. The molecule has 0 aliphatic rings. The minimum atomic E-state index is -0.247. The smallest absolute Gasteiger partial charge is 0.268 e. The molecule has 0 unspecified atom stereocenters. The van der Waals surface area contributed by atoms with Crippen LogP contribution in [0.5, 0.6) is 0 Å². The number of nitrogens with one attached hydrogen (secondary N) is 1. The van der Waals surface area contributed by atoms with Crippen LogP contribution in [0.3, 0.4) is 0 Å². The third-order valence-corrected chi connectivity index (χ3v) is 3.81. The van der Waals surface area contributed by atoms with Crippen LogP contribution in [0.1, 0.15) is 21.5 Å². The highest BCUT2D eigenvalue weighted by molar-refractivity contribution is 9.10. The SMILES string of the molecule is O=C(N/N=C/c1cccc(Br)c1)c1cccc(Cn2cccn2)c1. The third-order valence-electron chi connectivity index (χ3n) is 3.32. The zero-order valence-electron chi connectivity index (χ0n) is 12.8. The van der Waals surface area contributed by atoms with Crippen molar-refractivity contribution in [2.45, 2.75) is 6.54 Å². The predicted octanol–water partition coefficient (Wildman–Crippen LogP) is 3.46. The van der Waals surface area contributed by atoms with Gasteiger partial charge >= 0.3 is 0 Å². The fraction of sp³-hybridized carbons (Fsp3) is 0.0556. The number of hydrogen-bond acceptors (Lipinski definition) is 3. The van der Waals surface area contributed by atoms with Gasteiger partial charge in [0.15, 0.2) is 0 Å². The lowest BCUT2D eigenvalue weighted by Gasteiger charge is -2.05. The molecule has 0 bridgehead atoms. The van der Waals surface area contributed by atoms with Crippen molar-refractivity contribution in [1.29, 1.82) is 0 Å². The highest BCUT2D eigenvalue weighted by Crippen LogP contribution is 2.10. The molecule has 5 nitrogen and oxygen atoms in total. The van der Waals surface area contributed by atoms with Gasteiger partial charge in [-0.15, -0.1) is 0 Å². The van der Waals surface area contributed by atoms with Crippen molar-refractivity contribution in [3.63, 3.8) is 0 Å². The molecule has 0 aliphatic heterocycles. The molecule has 3 aromatic rings. The van der Waals surface area contributed by atoms with E-state index in [1.165, 1.54) is 0 Å². The number of carbonyl (C=O) groups excluding carboxylic acids is 1. The van der Waals surface area contributed by atoms with Gasteiger partial charge in [-0.25, -0.2) is 5.43 Å². The Morgan fingerprint density at radius 2 is 2.08 bits per heavy atom. The molecular formula is C18H15BrN4O. The van der Waals surface area contributed by atoms with Gasteiger partial charge in [0, 0.05) is 22.4 Å². The third kappa shape index (κ3) is 4.39. The van der Waals surface area contributed by atoms with Crippen LogP contribution in [0.4, 0.5) is 0 Å². The Morgan fingerprint density at radius 3 is 2.88 bits per heavy atom. The van der Waals surface area contributed by atoms with Crippen molar-refractivity contribution >= 4 is 28.1 Å². The Bertz CT molecular complexity index is 859. The lowest BCUT2D eigenvalue weighted by Crippen LogP contribution is -2.18. The largest absolute Gasteiger partial charge is 0.271 e. The first kappa shape index (κ1) is 16.1. The average Bonchev–Trinajstić information content (AvgIpc) is 3.08. The van der Waals surface area contributed by atoms with Crippen molar-refractivity contribution in [2.75, 3.05) is 0 Å². The molecule has 1 heterocycles. The number of rotatable bonds is 5. The summed E-state index contributed by atoms with van der Waals surface area (Å²) in [5.41, 5.74) is 5.01. The van der Waals surface area contributed by atoms with E-state index in [9.17, 15) is 4.79 Å². The summed E-state index contributed by atoms with van der Waals surface area (Å²) in [6.45, 7) is 0.620. The van der Waals surface area contributed by atoms with Gasteiger partial charge in [0.05, 0.1) is 12.8 Å². The van der Waals surface area contributed by atoms with Crippen molar-refractivity contribution in [1.82, 2.24) is 15.2 Å². The number of hydrogen-bond donors (Lipinski definition) is 1.